The fourth-order valence-electron chi connectivity index (χ4n) is 2.20. The lowest BCUT2D eigenvalue weighted by atomic mass is 10.3. The zero-order valence-corrected chi connectivity index (χ0v) is 14.6. The number of benzene rings is 1. The Kier molecular flexibility index (Phi) is 5.09. The Morgan fingerprint density at radius 2 is 2.00 bits per heavy atom. The van der Waals surface area contributed by atoms with Crippen LogP contribution < -0.4 is 4.74 Å². The maximum atomic E-state index is 6.09. The van der Waals surface area contributed by atoms with Gasteiger partial charge in [0.1, 0.15) is 12.4 Å². The van der Waals surface area contributed by atoms with Gasteiger partial charge < -0.3 is 4.74 Å². The molecule has 2 aromatic heterocycles. The summed E-state index contributed by atoms with van der Waals surface area (Å²) in [5.74, 6) is 1.51. The van der Waals surface area contributed by atoms with Crippen LogP contribution in [0.4, 0.5) is 0 Å². The highest BCUT2D eigenvalue weighted by Gasteiger charge is 2.14. The number of aromatic nitrogens is 4. The van der Waals surface area contributed by atoms with Crippen LogP contribution in [0.5, 0.6) is 5.75 Å². The van der Waals surface area contributed by atoms with Crippen LogP contribution in [0.2, 0.25) is 5.02 Å². The maximum absolute atomic E-state index is 6.09. The van der Waals surface area contributed by atoms with Crippen LogP contribution in [0.25, 0.3) is 4.96 Å². The fourth-order valence-corrected chi connectivity index (χ4v) is 3.16. The van der Waals surface area contributed by atoms with Gasteiger partial charge in [-0.3, -0.25) is 4.90 Å². The quantitative estimate of drug-likeness (QED) is 0.654. The summed E-state index contributed by atoms with van der Waals surface area (Å²) in [6, 6.07) is 7.41. The molecule has 2 heterocycles. The second kappa shape index (κ2) is 7.25. The topological polar surface area (TPSA) is 55.5 Å². The molecule has 122 valence electrons. The lowest BCUT2D eigenvalue weighted by Crippen LogP contribution is -2.23. The first-order valence-corrected chi connectivity index (χ1v) is 8.70. The molecule has 0 atom stereocenters. The Hall–Kier alpha value is -1.70. The van der Waals surface area contributed by atoms with Crippen molar-refractivity contribution >= 4 is 27.9 Å². The van der Waals surface area contributed by atoms with E-state index in [0.29, 0.717) is 17.4 Å². The van der Waals surface area contributed by atoms with E-state index in [1.807, 2.05) is 18.2 Å². The minimum Gasteiger partial charge on any atom is -0.485 e. The predicted molar refractivity (Wildman–Crippen MR) is 91.1 cm³/mol. The molecule has 0 spiro atoms. The van der Waals surface area contributed by atoms with Gasteiger partial charge in [-0.1, -0.05) is 48.9 Å². The summed E-state index contributed by atoms with van der Waals surface area (Å²) in [5.41, 5.74) is 0. The summed E-state index contributed by atoms with van der Waals surface area (Å²) in [7, 11) is 0. The third-order valence-corrected chi connectivity index (χ3v) is 4.73. The molecule has 0 saturated carbocycles. The molecule has 3 rings (SSSR count). The first kappa shape index (κ1) is 16.2. The van der Waals surface area contributed by atoms with E-state index in [9.17, 15) is 0 Å². The van der Waals surface area contributed by atoms with Gasteiger partial charge in [0.2, 0.25) is 4.96 Å². The SMILES string of the molecule is CCN(CC)Cc1nnc2sc(COc3ccccc3Cl)nn12. The van der Waals surface area contributed by atoms with Crippen LogP contribution in [0, 0.1) is 0 Å². The average molecular weight is 352 g/mol. The highest BCUT2D eigenvalue weighted by molar-refractivity contribution is 7.16. The molecule has 0 fully saturated rings. The summed E-state index contributed by atoms with van der Waals surface area (Å²) in [6.07, 6.45) is 0. The summed E-state index contributed by atoms with van der Waals surface area (Å²) in [4.78, 5) is 3.06. The number of hydrogen-bond acceptors (Lipinski definition) is 6. The van der Waals surface area contributed by atoms with E-state index in [1.54, 1.807) is 10.6 Å². The first-order valence-electron chi connectivity index (χ1n) is 7.51. The Morgan fingerprint density at radius 3 is 2.74 bits per heavy atom. The van der Waals surface area contributed by atoms with Gasteiger partial charge in [0, 0.05) is 0 Å². The van der Waals surface area contributed by atoms with Crippen LogP contribution in [0.1, 0.15) is 24.7 Å². The van der Waals surface area contributed by atoms with Gasteiger partial charge in [-0.15, -0.1) is 10.2 Å². The highest BCUT2D eigenvalue weighted by atomic mass is 35.5. The molecule has 0 aliphatic rings. The Bertz CT molecular complexity index is 783. The van der Waals surface area contributed by atoms with Gasteiger partial charge in [0.05, 0.1) is 11.6 Å². The normalized spacial score (nSPS) is 11.5. The summed E-state index contributed by atoms with van der Waals surface area (Å²) < 4.78 is 7.53. The van der Waals surface area contributed by atoms with Crippen molar-refractivity contribution in [3.05, 3.63) is 40.1 Å². The van der Waals surface area contributed by atoms with E-state index < -0.39 is 0 Å². The van der Waals surface area contributed by atoms with E-state index in [4.69, 9.17) is 16.3 Å². The lowest BCUT2D eigenvalue weighted by molar-refractivity contribution is 0.284. The molecule has 0 radical (unpaired) electrons. The van der Waals surface area contributed by atoms with Crippen LogP contribution >= 0.6 is 22.9 Å². The zero-order chi connectivity index (χ0) is 16.2. The van der Waals surface area contributed by atoms with Crippen molar-refractivity contribution < 1.29 is 4.74 Å². The molecule has 0 aliphatic carbocycles. The standard InChI is InChI=1S/C15H18ClN5OS/c1-3-20(4-2)9-13-17-18-15-21(13)19-14(23-15)10-22-12-8-6-5-7-11(12)16/h5-8H,3-4,9-10H2,1-2H3. The number of hydrogen-bond donors (Lipinski definition) is 0. The van der Waals surface area contributed by atoms with Crippen molar-refractivity contribution in [1.29, 1.82) is 0 Å². The third kappa shape index (κ3) is 3.63. The molecule has 0 saturated heterocycles. The van der Waals surface area contributed by atoms with Crippen LogP contribution in [0.3, 0.4) is 0 Å². The second-order valence-corrected chi connectivity index (χ2v) is 6.43. The molecular weight excluding hydrogens is 334 g/mol. The number of para-hydroxylation sites is 1. The Labute approximate surface area is 143 Å². The summed E-state index contributed by atoms with van der Waals surface area (Å²) in [6.45, 7) is 7.30. The monoisotopic (exact) mass is 351 g/mol. The van der Waals surface area contributed by atoms with Gasteiger partial charge in [-0.2, -0.15) is 9.61 Å². The summed E-state index contributed by atoms with van der Waals surface area (Å²) in [5, 5.41) is 14.4. The molecule has 0 bridgehead atoms. The van der Waals surface area contributed by atoms with Gasteiger partial charge in [-0.25, -0.2) is 0 Å². The van der Waals surface area contributed by atoms with Crippen molar-refractivity contribution in [1.82, 2.24) is 24.7 Å². The van der Waals surface area contributed by atoms with Crippen LogP contribution in [-0.2, 0) is 13.2 Å². The molecule has 8 heteroatoms. The molecule has 1 aromatic carbocycles. The van der Waals surface area contributed by atoms with E-state index in [-0.39, 0.29) is 0 Å². The van der Waals surface area contributed by atoms with E-state index in [1.165, 1.54) is 11.3 Å². The van der Waals surface area contributed by atoms with Crippen molar-refractivity contribution in [2.45, 2.75) is 27.0 Å². The van der Waals surface area contributed by atoms with E-state index >= 15 is 0 Å². The molecule has 0 aliphatic heterocycles. The van der Waals surface area contributed by atoms with Gasteiger partial charge >= 0.3 is 0 Å². The number of ether oxygens (including phenoxy) is 1. The smallest absolute Gasteiger partial charge is 0.234 e. The Balaban J connectivity index is 1.73. The first-order chi connectivity index (χ1) is 11.2. The van der Waals surface area contributed by atoms with E-state index in [2.05, 4.69) is 34.0 Å². The molecule has 0 unspecified atom stereocenters. The number of fused-ring (bicyclic) bond motifs is 1. The van der Waals surface area contributed by atoms with Gasteiger partial charge in [-0.05, 0) is 25.2 Å². The lowest BCUT2D eigenvalue weighted by Gasteiger charge is -2.15. The minimum absolute atomic E-state index is 0.364. The molecule has 3 aromatic rings. The van der Waals surface area contributed by atoms with Crippen molar-refractivity contribution in [3.63, 3.8) is 0 Å². The minimum atomic E-state index is 0.364. The van der Waals surface area contributed by atoms with E-state index in [0.717, 1.165) is 35.4 Å². The summed E-state index contributed by atoms with van der Waals surface area (Å²) >= 11 is 7.56. The van der Waals surface area contributed by atoms with Crippen LogP contribution in [-0.4, -0.2) is 37.8 Å². The van der Waals surface area contributed by atoms with Gasteiger partial charge in [0.15, 0.2) is 10.8 Å². The predicted octanol–water partition coefficient (Wildman–Crippen LogP) is 3.26. The molecule has 0 N–H and O–H groups in total. The molecule has 6 nitrogen and oxygen atoms in total. The average Bonchev–Trinajstić information content (AvgIpc) is 3.13. The van der Waals surface area contributed by atoms with Crippen molar-refractivity contribution in [2.75, 3.05) is 13.1 Å². The highest BCUT2D eigenvalue weighted by Crippen LogP contribution is 2.25. The molecule has 0 amide bonds. The number of halogens is 1. The Morgan fingerprint density at radius 1 is 1.22 bits per heavy atom. The third-order valence-electron chi connectivity index (χ3n) is 3.54. The van der Waals surface area contributed by atoms with Crippen molar-refractivity contribution in [3.8, 4) is 5.75 Å². The van der Waals surface area contributed by atoms with Gasteiger partial charge in [0.25, 0.3) is 0 Å². The zero-order valence-electron chi connectivity index (χ0n) is 13.1. The van der Waals surface area contributed by atoms with Crippen LogP contribution in [0.15, 0.2) is 24.3 Å². The second-order valence-electron chi connectivity index (χ2n) is 4.99. The maximum Gasteiger partial charge on any atom is 0.234 e. The van der Waals surface area contributed by atoms with Crippen molar-refractivity contribution in [2.24, 2.45) is 0 Å². The molecular formula is C15H18ClN5OS. The number of rotatable bonds is 7. The number of nitrogens with zero attached hydrogens (tertiary/aromatic N) is 5. The molecule has 23 heavy (non-hydrogen) atoms. The largest absolute Gasteiger partial charge is 0.485 e. The fraction of sp³-hybridized carbons (Fsp3) is 0.400.